The summed E-state index contributed by atoms with van der Waals surface area (Å²) in [6, 6.07) is -1.13. The van der Waals surface area contributed by atoms with E-state index in [1.54, 1.807) is 0 Å². The lowest BCUT2D eigenvalue weighted by Crippen LogP contribution is -2.43. The zero-order valence-corrected chi connectivity index (χ0v) is 9.99. The molecule has 0 aliphatic rings. The van der Waals surface area contributed by atoms with Gasteiger partial charge in [0.25, 0.3) is 0 Å². The third-order valence-electron chi connectivity index (χ3n) is 2.30. The molecule has 9 heteroatoms. The number of carbonyl (C=O) groups excluding carboxylic acids is 1. The van der Waals surface area contributed by atoms with E-state index in [1.165, 1.54) is 0 Å². The molecule has 0 aliphatic carbocycles. The Morgan fingerprint density at radius 3 is 2.40 bits per heavy atom. The average molecular weight is 292 g/mol. The molecule has 0 bridgehead atoms. The topological polar surface area (TPSA) is 98.7 Å². The number of benzene rings is 1. The largest absolute Gasteiger partial charge is 0.480 e. The molecule has 20 heavy (non-hydrogen) atoms. The van der Waals surface area contributed by atoms with Crippen LogP contribution in [-0.2, 0) is 4.79 Å². The summed E-state index contributed by atoms with van der Waals surface area (Å²) in [5.41, 5.74) is -0.644. The van der Waals surface area contributed by atoms with Gasteiger partial charge in [0, 0.05) is 13.0 Å². The van der Waals surface area contributed by atoms with Gasteiger partial charge in [0.1, 0.15) is 6.04 Å². The van der Waals surface area contributed by atoms with Crippen molar-refractivity contribution in [3.05, 3.63) is 29.6 Å². The summed E-state index contributed by atoms with van der Waals surface area (Å²) in [6.45, 7) is -0.489. The molecule has 0 saturated carbocycles. The fourth-order valence-electron chi connectivity index (χ4n) is 1.33. The third kappa shape index (κ3) is 3.85. The number of amides is 2. The van der Waals surface area contributed by atoms with Gasteiger partial charge in [-0.3, -0.25) is 0 Å². The summed E-state index contributed by atoms with van der Waals surface area (Å²) in [4.78, 5) is 22.1. The molecule has 2 amide bonds. The van der Waals surface area contributed by atoms with Gasteiger partial charge in [0.05, 0.1) is 5.69 Å². The lowest BCUT2D eigenvalue weighted by Gasteiger charge is -2.14. The second kappa shape index (κ2) is 6.75. The van der Waals surface area contributed by atoms with Gasteiger partial charge in [-0.1, -0.05) is 0 Å². The molecule has 1 aromatic rings. The van der Waals surface area contributed by atoms with Crippen LogP contribution in [0.4, 0.5) is 23.7 Å². The highest BCUT2D eigenvalue weighted by atomic mass is 19.2. The van der Waals surface area contributed by atoms with E-state index in [1.807, 2.05) is 10.6 Å². The van der Waals surface area contributed by atoms with Crippen LogP contribution in [0.1, 0.15) is 6.42 Å². The van der Waals surface area contributed by atoms with E-state index in [4.69, 9.17) is 10.2 Å². The second-order valence-electron chi connectivity index (χ2n) is 3.72. The number of rotatable bonds is 5. The number of anilines is 1. The maximum atomic E-state index is 13.3. The number of aliphatic hydroxyl groups excluding tert-OH is 1. The number of hydrogen-bond acceptors (Lipinski definition) is 3. The molecule has 1 rings (SSSR count). The molecule has 0 radical (unpaired) electrons. The van der Waals surface area contributed by atoms with Crippen LogP contribution < -0.4 is 10.6 Å². The van der Waals surface area contributed by atoms with E-state index < -0.39 is 47.8 Å². The number of halogens is 3. The van der Waals surface area contributed by atoms with Crippen LogP contribution in [0.3, 0.4) is 0 Å². The van der Waals surface area contributed by atoms with Crippen molar-refractivity contribution in [1.29, 1.82) is 0 Å². The standard InChI is InChI=1S/C11H11F3N2O4/c12-5-1-2-6(9(14)8(5)13)15-11(20)16-7(3-4-17)10(18)19/h1-2,7,17H,3-4H2,(H,18,19)(H2,15,16,20)/t7-/m1/s1. The summed E-state index contributed by atoms with van der Waals surface area (Å²) >= 11 is 0. The molecule has 1 aromatic carbocycles. The Morgan fingerprint density at radius 2 is 1.85 bits per heavy atom. The molecule has 0 saturated heterocycles. The number of aliphatic hydroxyl groups is 1. The molecule has 110 valence electrons. The van der Waals surface area contributed by atoms with Crippen LogP contribution >= 0.6 is 0 Å². The monoisotopic (exact) mass is 292 g/mol. The molecule has 1 atom stereocenters. The molecule has 4 N–H and O–H groups in total. The zero-order valence-electron chi connectivity index (χ0n) is 9.99. The first-order valence-electron chi connectivity index (χ1n) is 5.41. The second-order valence-corrected chi connectivity index (χ2v) is 3.72. The number of carbonyl (C=O) groups is 2. The van der Waals surface area contributed by atoms with Crippen LogP contribution in [0.25, 0.3) is 0 Å². The Hall–Kier alpha value is -2.29. The van der Waals surface area contributed by atoms with Gasteiger partial charge in [-0.25, -0.2) is 22.8 Å². The molecule has 0 aromatic heterocycles. The highest BCUT2D eigenvalue weighted by Gasteiger charge is 2.21. The van der Waals surface area contributed by atoms with E-state index in [0.29, 0.717) is 6.07 Å². The van der Waals surface area contributed by atoms with Crippen molar-refractivity contribution >= 4 is 17.7 Å². The van der Waals surface area contributed by atoms with E-state index in [2.05, 4.69) is 0 Å². The van der Waals surface area contributed by atoms with Crippen LogP contribution in [-0.4, -0.2) is 34.9 Å². The molecule has 0 spiro atoms. The number of urea groups is 1. The van der Waals surface area contributed by atoms with Gasteiger partial charge in [0.15, 0.2) is 17.5 Å². The van der Waals surface area contributed by atoms with E-state index in [-0.39, 0.29) is 6.42 Å². The van der Waals surface area contributed by atoms with Crippen LogP contribution in [0.15, 0.2) is 12.1 Å². The molecule has 6 nitrogen and oxygen atoms in total. The smallest absolute Gasteiger partial charge is 0.326 e. The van der Waals surface area contributed by atoms with E-state index in [9.17, 15) is 22.8 Å². The first-order chi connectivity index (χ1) is 9.36. The van der Waals surface area contributed by atoms with E-state index in [0.717, 1.165) is 6.07 Å². The number of hydrogen-bond donors (Lipinski definition) is 4. The zero-order chi connectivity index (χ0) is 15.3. The van der Waals surface area contributed by atoms with Crippen molar-refractivity contribution in [3.63, 3.8) is 0 Å². The van der Waals surface area contributed by atoms with E-state index >= 15 is 0 Å². The Bertz CT molecular complexity index is 525. The molecular weight excluding hydrogens is 281 g/mol. The van der Waals surface area contributed by atoms with Crippen molar-refractivity contribution < 1.29 is 33.0 Å². The highest BCUT2D eigenvalue weighted by molar-refractivity contribution is 5.92. The minimum atomic E-state index is -1.76. The maximum Gasteiger partial charge on any atom is 0.326 e. The number of carboxylic acid groups (broad SMARTS) is 1. The fraction of sp³-hybridized carbons (Fsp3) is 0.273. The summed E-state index contributed by atoms with van der Waals surface area (Å²) in [6.07, 6.45) is -0.261. The van der Waals surface area contributed by atoms with Crippen molar-refractivity contribution in [2.75, 3.05) is 11.9 Å². The van der Waals surface area contributed by atoms with Gasteiger partial charge in [0.2, 0.25) is 0 Å². The Labute approximate surface area is 111 Å². The molecule has 0 unspecified atom stereocenters. The van der Waals surface area contributed by atoms with Gasteiger partial charge < -0.3 is 20.8 Å². The summed E-state index contributed by atoms with van der Waals surface area (Å²) in [5, 5.41) is 21.1. The molecular formula is C11H11F3N2O4. The Balaban J connectivity index is 2.76. The summed E-state index contributed by atoms with van der Waals surface area (Å²) in [5.74, 6) is -6.18. The van der Waals surface area contributed by atoms with Crippen LogP contribution in [0.2, 0.25) is 0 Å². The number of nitrogens with one attached hydrogen (secondary N) is 2. The first kappa shape index (κ1) is 15.8. The quantitative estimate of drug-likeness (QED) is 0.610. The number of carboxylic acids is 1. The predicted octanol–water partition coefficient (Wildman–Crippen LogP) is 1.06. The van der Waals surface area contributed by atoms with Crippen molar-refractivity contribution in [1.82, 2.24) is 5.32 Å². The fourth-order valence-corrected chi connectivity index (χ4v) is 1.33. The van der Waals surface area contributed by atoms with Crippen LogP contribution in [0.5, 0.6) is 0 Å². The van der Waals surface area contributed by atoms with Crippen molar-refractivity contribution in [2.45, 2.75) is 12.5 Å². The van der Waals surface area contributed by atoms with Gasteiger partial charge >= 0.3 is 12.0 Å². The molecule has 0 fully saturated rings. The first-order valence-corrected chi connectivity index (χ1v) is 5.41. The maximum absolute atomic E-state index is 13.3. The van der Waals surface area contributed by atoms with Gasteiger partial charge in [-0.15, -0.1) is 0 Å². The predicted molar refractivity (Wildman–Crippen MR) is 61.6 cm³/mol. The lowest BCUT2D eigenvalue weighted by atomic mass is 10.2. The normalized spacial score (nSPS) is 11.8. The van der Waals surface area contributed by atoms with Crippen molar-refractivity contribution in [3.8, 4) is 0 Å². The molecule has 0 heterocycles. The van der Waals surface area contributed by atoms with Gasteiger partial charge in [-0.2, -0.15) is 0 Å². The minimum absolute atomic E-state index is 0.261. The molecule has 0 aliphatic heterocycles. The number of aliphatic carboxylic acids is 1. The summed E-state index contributed by atoms with van der Waals surface area (Å²) < 4.78 is 38.8. The van der Waals surface area contributed by atoms with Crippen molar-refractivity contribution in [2.24, 2.45) is 0 Å². The van der Waals surface area contributed by atoms with Crippen LogP contribution in [0, 0.1) is 17.5 Å². The lowest BCUT2D eigenvalue weighted by molar-refractivity contribution is -0.139. The Morgan fingerprint density at radius 1 is 1.20 bits per heavy atom. The summed E-state index contributed by atoms with van der Waals surface area (Å²) in [7, 11) is 0. The third-order valence-corrected chi connectivity index (χ3v) is 2.30. The SMILES string of the molecule is O=C(Nc1ccc(F)c(F)c1F)N[C@H](CCO)C(=O)O. The Kier molecular flexibility index (Phi) is 5.32. The highest BCUT2D eigenvalue weighted by Crippen LogP contribution is 2.19. The van der Waals surface area contributed by atoms with Gasteiger partial charge in [-0.05, 0) is 12.1 Å². The average Bonchev–Trinajstić information content (AvgIpc) is 2.39. The minimum Gasteiger partial charge on any atom is -0.480 e.